The third-order valence-electron chi connectivity index (χ3n) is 10.5. The standard InChI is InChI=1S/C49H89NO7/c1-6-8-10-12-14-16-18-20-22-24-26-28-30-32-34-36-38-40-48(52)57-45(43-55-42-41-46(49(53)54)50(3,4)5)44-56-47(51)39-37-35-33-31-29-27-25-23-21-19-17-15-13-11-9-7-2/h14,16,20,22-23,25,45-46H,6-13,15,17-19,21,24,26-44H2,1-5H3/p+1/b16-14-,22-20-,25-23-. The molecule has 0 spiro atoms. The van der Waals surface area contributed by atoms with Crippen LogP contribution in [0.15, 0.2) is 36.5 Å². The topological polar surface area (TPSA) is 99.1 Å². The van der Waals surface area contributed by atoms with Gasteiger partial charge in [0.05, 0.1) is 34.4 Å². The third kappa shape index (κ3) is 38.8. The number of carbonyl (C=O) groups is 3. The van der Waals surface area contributed by atoms with E-state index in [1.54, 1.807) is 0 Å². The molecule has 8 heteroatoms. The molecule has 0 aromatic rings. The molecule has 0 rings (SSSR count). The fraction of sp³-hybridized carbons (Fsp3) is 0.816. The van der Waals surface area contributed by atoms with Gasteiger partial charge >= 0.3 is 17.9 Å². The first-order valence-electron chi connectivity index (χ1n) is 23.5. The summed E-state index contributed by atoms with van der Waals surface area (Å²) in [6, 6.07) is -0.616. The summed E-state index contributed by atoms with van der Waals surface area (Å²) < 4.78 is 17.3. The molecule has 0 aliphatic rings. The lowest BCUT2D eigenvalue weighted by Gasteiger charge is -2.31. The number of unbranched alkanes of at least 4 members (excludes halogenated alkanes) is 22. The first-order chi connectivity index (χ1) is 27.6. The maximum Gasteiger partial charge on any atom is 0.362 e. The van der Waals surface area contributed by atoms with Crippen molar-refractivity contribution in [2.24, 2.45) is 0 Å². The number of esters is 2. The van der Waals surface area contributed by atoms with Crippen molar-refractivity contribution >= 4 is 17.9 Å². The Morgan fingerprint density at radius 1 is 0.526 bits per heavy atom. The second-order valence-electron chi connectivity index (χ2n) is 17.0. The van der Waals surface area contributed by atoms with Crippen molar-refractivity contribution in [2.45, 2.75) is 219 Å². The summed E-state index contributed by atoms with van der Waals surface area (Å²) in [4.78, 5) is 37.0. The first-order valence-corrected chi connectivity index (χ1v) is 23.5. The highest BCUT2D eigenvalue weighted by Gasteiger charge is 2.31. The molecule has 332 valence electrons. The van der Waals surface area contributed by atoms with Crippen LogP contribution in [0.5, 0.6) is 0 Å². The minimum absolute atomic E-state index is 0.0565. The summed E-state index contributed by atoms with van der Waals surface area (Å²) in [6.45, 7) is 4.70. The molecule has 57 heavy (non-hydrogen) atoms. The molecule has 0 heterocycles. The number of aliphatic carboxylic acids is 1. The molecule has 0 saturated heterocycles. The Hall–Kier alpha value is -2.45. The summed E-state index contributed by atoms with van der Waals surface area (Å²) in [7, 11) is 5.53. The predicted molar refractivity (Wildman–Crippen MR) is 238 cm³/mol. The zero-order valence-corrected chi connectivity index (χ0v) is 37.8. The molecule has 0 fully saturated rings. The monoisotopic (exact) mass is 805 g/mol. The van der Waals surface area contributed by atoms with Crippen molar-refractivity contribution in [3.05, 3.63) is 36.5 Å². The Morgan fingerprint density at radius 2 is 0.930 bits per heavy atom. The lowest BCUT2D eigenvalue weighted by atomic mass is 10.1. The number of carboxylic acid groups (broad SMARTS) is 1. The molecule has 1 N–H and O–H groups in total. The van der Waals surface area contributed by atoms with Crippen molar-refractivity contribution in [2.75, 3.05) is 41.0 Å². The average Bonchev–Trinajstić information content (AvgIpc) is 3.17. The molecule has 0 aliphatic heterocycles. The van der Waals surface area contributed by atoms with E-state index < -0.39 is 18.1 Å². The van der Waals surface area contributed by atoms with E-state index in [1.807, 2.05) is 21.1 Å². The van der Waals surface area contributed by atoms with Gasteiger partial charge in [-0.1, -0.05) is 153 Å². The lowest BCUT2D eigenvalue weighted by Crippen LogP contribution is -2.50. The number of allylic oxidation sites excluding steroid dienone is 6. The smallest absolute Gasteiger partial charge is 0.362 e. The summed E-state index contributed by atoms with van der Waals surface area (Å²) in [5, 5.41) is 9.63. The van der Waals surface area contributed by atoms with Gasteiger partial charge in [-0.25, -0.2) is 4.79 Å². The van der Waals surface area contributed by atoms with E-state index in [2.05, 4.69) is 50.3 Å². The number of hydrogen-bond acceptors (Lipinski definition) is 6. The van der Waals surface area contributed by atoms with E-state index >= 15 is 0 Å². The summed E-state index contributed by atoms with van der Waals surface area (Å²) >= 11 is 0. The van der Waals surface area contributed by atoms with Crippen LogP contribution in [0.4, 0.5) is 0 Å². The number of likely N-dealkylation sites (N-methyl/N-ethyl adjacent to an activating group) is 1. The van der Waals surface area contributed by atoms with Gasteiger partial charge in [-0.2, -0.15) is 0 Å². The zero-order valence-electron chi connectivity index (χ0n) is 37.8. The average molecular weight is 805 g/mol. The van der Waals surface area contributed by atoms with E-state index in [4.69, 9.17) is 14.2 Å². The number of nitrogens with zero attached hydrogens (tertiary/aromatic N) is 1. The van der Waals surface area contributed by atoms with Crippen LogP contribution in [-0.4, -0.2) is 80.6 Å². The van der Waals surface area contributed by atoms with Crippen LogP contribution in [-0.2, 0) is 28.6 Å². The Labute approximate surface area is 351 Å². The summed E-state index contributed by atoms with van der Waals surface area (Å²) in [6.07, 6.45) is 46.1. The van der Waals surface area contributed by atoms with E-state index in [-0.39, 0.29) is 36.2 Å². The molecule has 0 aliphatic carbocycles. The molecule has 0 aromatic carbocycles. The quantitative estimate of drug-likeness (QED) is 0.0284. The Kier molecular flexibility index (Phi) is 38.6. The number of ether oxygens (including phenoxy) is 3. The van der Waals surface area contributed by atoms with Crippen molar-refractivity contribution in [3.63, 3.8) is 0 Å². The molecule has 0 amide bonds. The zero-order chi connectivity index (χ0) is 42.1. The van der Waals surface area contributed by atoms with E-state index in [0.29, 0.717) is 19.3 Å². The largest absolute Gasteiger partial charge is 0.477 e. The molecule has 2 unspecified atom stereocenters. The molecule has 0 radical (unpaired) electrons. The van der Waals surface area contributed by atoms with Gasteiger partial charge in [0.15, 0.2) is 12.1 Å². The molecule has 0 bridgehead atoms. The van der Waals surface area contributed by atoms with E-state index in [1.165, 1.54) is 116 Å². The van der Waals surface area contributed by atoms with Crippen LogP contribution in [0.3, 0.4) is 0 Å². The highest BCUT2D eigenvalue weighted by atomic mass is 16.6. The van der Waals surface area contributed by atoms with Crippen LogP contribution in [0.25, 0.3) is 0 Å². The molecular formula is C49H90NO7+. The molecule has 2 atom stereocenters. The van der Waals surface area contributed by atoms with Gasteiger partial charge in [0.25, 0.3) is 0 Å². The SMILES string of the molecule is CCCCC/C=C\C/C=C\CCCCCCCCCC(=O)OC(COCCC(C(=O)O)[N+](C)(C)C)COC(=O)CCCCCCC/C=C\CCCCCCCCC. The van der Waals surface area contributed by atoms with Gasteiger partial charge in [-0.05, 0) is 70.6 Å². The van der Waals surface area contributed by atoms with Crippen LogP contribution in [0, 0.1) is 0 Å². The predicted octanol–water partition coefficient (Wildman–Crippen LogP) is 13.0. The van der Waals surface area contributed by atoms with Crippen LogP contribution in [0.1, 0.15) is 206 Å². The van der Waals surface area contributed by atoms with Crippen LogP contribution in [0.2, 0.25) is 0 Å². The van der Waals surface area contributed by atoms with Gasteiger partial charge < -0.3 is 23.8 Å². The number of hydrogen-bond donors (Lipinski definition) is 1. The normalized spacial score (nSPS) is 13.2. The van der Waals surface area contributed by atoms with Crippen molar-refractivity contribution in [3.8, 4) is 0 Å². The Balaban J connectivity index is 4.33. The van der Waals surface area contributed by atoms with Crippen molar-refractivity contribution in [1.29, 1.82) is 0 Å². The van der Waals surface area contributed by atoms with Gasteiger partial charge in [0.1, 0.15) is 6.61 Å². The van der Waals surface area contributed by atoms with Gasteiger partial charge in [-0.15, -0.1) is 0 Å². The molecule has 0 saturated carbocycles. The lowest BCUT2D eigenvalue weighted by molar-refractivity contribution is -0.887. The minimum Gasteiger partial charge on any atom is -0.477 e. The minimum atomic E-state index is -0.877. The van der Waals surface area contributed by atoms with Crippen molar-refractivity contribution < 1.29 is 38.2 Å². The maximum atomic E-state index is 12.7. The second kappa shape index (κ2) is 40.3. The highest BCUT2D eigenvalue weighted by molar-refractivity contribution is 5.72. The molecule has 0 aromatic heterocycles. The number of rotatable bonds is 42. The number of quaternary nitrogens is 1. The van der Waals surface area contributed by atoms with Crippen LogP contribution < -0.4 is 0 Å². The van der Waals surface area contributed by atoms with Crippen molar-refractivity contribution in [1.82, 2.24) is 0 Å². The number of carboxylic acids is 1. The Bertz CT molecular complexity index is 1030. The fourth-order valence-electron chi connectivity index (χ4n) is 6.82. The third-order valence-corrected chi connectivity index (χ3v) is 10.5. The van der Waals surface area contributed by atoms with Gasteiger partial charge in [0.2, 0.25) is 0 Å². The summed E-state index contributed by atoms with van der Waals surface area (Å²) in [5.41, 5.74) is 0. The first kappa shape index (κ1) is 54.6. The second-order valence-corrected chi connectivity index (χ2v) is 17.0. The van der Waals surface area contributed by atoms with E-state index in [9.17, 15) is 19.5 Å². The molecule has 8 nitrogen and oxygen atoms in total. The summed E-state index contributed by atoms with van der Waals surface area (Å²) in [5.74, 6) is -1.48. The van der Waals surface area contributed by atoms with Crippen LogP contribution >= 0.6 is 0 Å². The highest BCUT2D eigenvalue weighted by Crippen LogP contribution is 2.14. The Morgan fingerprint density at radius 3 is 1.40 bits per heavy atom. The fourth-order valence-corrected chi connectivity index (χ4v) is 6.82. The van der Waals surface area contributed by atoms with E-state index in [0.717, 1.165) is 57.8 Å². The maximum absolute atomic E-state index is 12.7. The number of carbonyl (C=O) groups excluding carboxylic acids is 2. The van der Waals surface area contributed by atoms with Gasteiger partial charge in [-0.3, -0.25) is 9.59 Å². The molecular weight excluding hydrogens is 715 g/mol. The van der Waals surface area contributed by atoms with Gasteiger partial charge in [0, 0.05) is 19.3 Å².